The number of benzene rings is 2. The molecule has 0 amide bonds. The predicted molar refractivity (Wildman–Crippen MR) is 119 cm³/mol. The van der Waals surface area contributed by atoms with Crippen LogP contribution in [0.3, 0.4) is 0 Å². The number of halogens is 1. The summed E-state index contributed by atoms with van der Waals surface area (Å²) in [5.74, 6) is 1.32. The molecule has 9 nitrogen and oxygen atoms in total. The van der Waals surface area contributed by atoms with Crippen LogP contribution in [0.4, 0.5) is 0 Å². The summed E-state index contributed by atoms with van der Waals surface area (Å²) >= 11 is 3.54. The average Bonchev–Trinajstić information content (AvgIpc) is 3.27. The minimum Gasteiger partial charge on any atom is -0.496 e. The van der Waals surface area contributed by atoms with Gasteiger partial charge in [0.1, 0.15) is 23.8 Å². The Morgan fingerprint density at radius 2 is 1.90 bits per heavy atom. The number of tetrazole rings is 1. The molecule has 0 aliphatic heterocycles. The van der Waals surface area contributed by atoms with Gasteiger partial charge in [0.05, 0.1) is 22.8 Å². The summed E-state index contributed by atoms with van der Waals surface area (Å²) in [4.78, 5) is 12.4. The summed E-state index contributed by atoms with van der Waals surface area (Å²) < 4.78 is 16.7. The van der Waals surface area contributed by atoms with Crippen LogP contribution >= 0.6 is 15.9 Å². The van der Waals surface area contributed by atoms with Gasteiger partial charge >= 0.3 is 5.69 Å². The van der Waals surface area contributed by atoms with E-state index in [1.165, 1.54) is 9.36 Å². The number of nitrogens with zero attached hydrogens (tertiary/aromatic N) is 6. The number of rotatable bonds is 6. The molecule has 2 aromatic heterocycles. The lowest BCUT2D eigenvalue weighted by Crippen LogP contribution is -2.23. The average molecular weight is 485 g/mol. The summed E-state index contributed by atoms with van der Waals surface area (Å²) in [5, 5.41) is 12.2. The van der Waals surface area contributed by atoms with Gasteiger partial charge < -0.3 is 9.47 Å². The molecule has 0 saturated heterocycles. The van der Waals surface area contributed by atoms with Crippen LogP contribution in [0.2, 0.25) is 0 Å². The molecule has 160 valence electrons. The number of hydrogen-bond donors (Lipinski definition) is 0. The Bertz CT molecular complexity index is 1310. The van der Waals surface area contributed by atoms with Crippen LogP contribution in [-0.2, 0) is 20.7 Å². The second-order valence-corrected chi connectivity index (χ2v) is 7.88. The summed E-state index contributed by atoms with van der Waals surface area (Å²) in [7, 11) is 5.01. The maximum absolute atomic E-state index is 12.4. The van der Waals surface area contributed by atoms with Crippen LogP contribution in [0.1, 0.15) is 11.1 Å². The Morgan fingerprint density at radius 1 is 1.10 bits per heavy atom. The molecule has 4 rings (SSSR count). The second kappa shape index (κ2) is 8.38. The molecule has 0 radical (unpaired) electrons. The van der Waals surface area contributed by atoms with Gasteiger partial charge in [-0.15, -0.1) is 0 Å². The van der Waals surface area contributed by atoms with Crippen molar-refractivity contribution in [2.24, 2.45) is 14.1 Å². The largest absolute Gasteiger partial charge is 0.496 e. The highest BCUT2D eigenvalue weighted by Gasteiger charge is 2.17. The van der Waals surface area contributed by atoms with Gasteiger partial charge in [0.15, 0.2) is 0 Å². The molecule has 2 aromatic carbocycles. The molecule has 0 N–H and O–H groups in total. The molecule has 4 aromatic rings. The fourth-order valence-electron chi connectivity index (χ4n) is 3.32. The maximum Gasteiger partial charge on any atom is 0.368 e. The molecule has 0 saturated carbocycles. The van der Waals surface area contributed by atoms with E-state index in [9.17, 15) is 4.79 Å². The zero-order chi connectivity index (χ0) is 22.1. The first-order chi connectivity index (χ1) is 14.9. The fraction of sp³-hybridized carbons (Fsp3) is 0.238. The number of hydrogen-bond acceptors (Lipinski definition) is 6. The highest BCUT2D eigenvalue weighted by molar-refractivity contribution is 9.10. The molecule has 0 bridgehead atoms. The van der Waals surface area contributed by atoms with E-state index in [1.54, 1.807) is 31.0 Å². The summed E-state index contributed by atoms with van der Waals surface area (Å²) in [5.41, 5.74) is 3.72. The van der Waals surface area contributed by atoms with E-state index in [-0.39, 0.29) is 12.3 Å². The Morgan fingerprint density at radius 3 is 2.52 bits per heavy atom. The molecular formula is C21H21BrN6O3. The Labute approximate surface area is 186 Å². The predicted octanol–water partition coefficient (Wildman–Crippen LogP) is 3.03. The van der Waals surface area contributed by atoms with Crippen LogP contribution in [0.5, 0.6) is 11.5 Å². The highest BCUT2D eigenvalue weighted by Crippen LogP contribution is 2.31. The lowest BCUT2D eigenvalue weighted by atomic mass is 10.1. The third kappa shape index (κ3) is 3.98. The maximum atomic E-state index is 12.4. The lowest BCUT2D eigenvalue weighted by Gasteiger charge is -2.15. The van der Waals surface area contributed by atoms with Gasteiger partial charge in [-0.25, -0.2) is 4.79 Å². The van der Waals surface area contributed by atoms with Crippen molar-refractivity contribution >= 4 is 15.9 Å². The van der Waals surface area contributed by atoms with Gasteiger partial charge in [0.2, 0.25) is 0 Å². The monoisotopic (exact) mass is 484 g/mol. The van der Waals surface area contributed by atoms with Gasteiger partial charge in [-0.1, -0.05) is 6.07 Å². The van der Waals surface area contributed by atoms with E-state index >= 15 is 0 Å². The smallest absolute Gasteiger partial charge is 0.368 e. The van der Waals surface area contributed by atoms with Crippen molar-refractivity contribution in [3.8, 4) is 28.4 Å². The van der Waals surface area contributed by atoms with Gasteiger partial charge in [-0.05, 0) is 69.2 Å². The van der Waals surface area contributed by atoms with Crippen molar-refractivity contribution in [1.29, 1.82) is 0 Å². The highest BCUT2D eigenvalue weighted by atomic mass is 79.9. The lowest BCUT2D eigenvalue weighted by molar-refractivity contribution is 0.294. The third-order valence-corrected chi connectivity index (χ3v) is 5.46. The topological polar surface area (TPSA) is 89.0 Å². The van der Waals surface area contributed by atoms with Crippen molar-refractivity contribution in [1.82, 2.24) is 29.6 Å². The molecule has 0 unspecified atom stereocenters. The Balaban J connectivity index is 1.64. The van der Waals surface area contributed by atoms with Crippen LogP contribution < -0.4 is 15.2 Å². The molecule has 0 aliphatic carbocycles. The Kier molecular flexibility index (Phi) is 5.64. The molecule has 2 heterocycles. The minimum atomic E-state index is -0.351. The van der Waals surface area contributed by atoms with Crippen LogP contribution in [0.15, 0.2) is 51.9 Å². The number of aryl methyl sites for hydroxylation is 3. The van der Waals surface area contributed by atoms with Crippen molar-refractivity contribution in [3.63, 3.8) is 0 Å². The van der Waals surface area contributed by atoms with E-state index in [2.05, 4.69) is 31.5 Å². The zero-order valence-electron chi connectivity index (χ0n) is 17.5. The number of methoxy groups -OCH3 is 1. The fourth-order valence-corrected chi connectivity index (χ4v) is 3.92. The standard InChI is InChI=1S/C21H21BrN6O3/c1-13-10-14(20-16(22)11-26(2)23-20)8-9-18(13)31-12-15-17(6-5-7-19(15)30-4)28-21(29)27(3)24-25-28/h5-11H,12H2,1-4H3. The van der Waals surface area contributed by atoms with Crippen LogP contribution in [0, 0.1) is 6.92 Å². The van der Waals surface area contributed by atoms with Crippen molar-refractivity contribution < 1.29 is 9.47 Å². The van der Waals surface area contributed by atoms with E-state index in [0.717, 1.165) is 27.0 Å². The van der Waals surface area contributed by atoms with Gasteiger partial charge in [-0.2, -0.15) is 14.5 Å². The molecule has 10 heteroatoms. The van der Waals surface area contributed by atoms with E-state index in [0.29, 0.717) is 17.0 Å². The summed E-state index contributed by atoms with van der Waals surface area (Å²) in [6, 6.07) is 11.3. The van der Waals surface area contributed by atoms with Gasteiger partial charge in [0.25, 0.3) is 0 Å². The van der Waals surface area contributed by atoms with Gasteiger partial charge in [0, 0.05) is 25.9 Å². The number of aromatic nitrogens is 6. The number of ether oxygens (including phenoxy) is 2. The van der Waals surface area contributed by atoms with Crippen molar-refractivity contribution in [3.05, 3.63) is 68.7 Å². The van der Waals surface area contributed by atoms with E-state index in [1.807, 2.05) is 44.4 Å². The molecule has 0 atom stereocenters. The molecular weight excluding hydrogens is 464 g/mol. The third-order valence-electron chi connectivity index (χ3n) is 4.88. The summed E-state index contributed by atoms with van der Waals surface area (Å²) in [6.45, 7) is 2.17. The zero-order valence-corrected chi connectivity index (χ0v) is 19.1. The summed E-state index contributed by atoms with van der Waals surface area (Å²) in [6.07, 6.45) is 1.91. The van der Waals surface area contributed by atoms with Crippen LogP contribution in [0.25, 0.3) is 16.9 Å². The molecule has 0 aliphatic rings. The first-order valence-corrected chi connectivity index (χ1v) is 10.3. The Hall–Kier alpha value is -3.40. The van der Waals surface area contributed by atoms with Crippen molar-refractivity contribution in [2.75, 3.05) is 7.11 Å². The SMILES string of the molecule is COc1cccc(-n2nnn(C)c2=O)c1COc1ccc(-c2nn(C)cc2Br)cc1C. The minimum absolute atomic E-state index is 0.190. The van der Waals surface area contributed by atoms with E-state index < -0.39 is 0 Å². The first kappa shape index (κ1) is 20.9. The quantitative estimate of drug-likeness (QED) is 0.417. The normalized spacial score (nSPS) is 11.0. The van der Waals surface area contributed by atoms with Gasteiger partial charge in [-0.3, -0.25) is 4.68 Å². The molecule has 0 fully saturated rings. The van der Waals surface area contributed by atoms with E-state index in [4.69, 9.17) is 9.47 Å². The second-order valence-electron chi connectivity index (χ2n) is 7.02. The van der Waals surface area contributed by atoms with Crippen molar-refractivity contribution in [2.45, 2.75) is 13.5 Å². The first-order valence-electron chi connectivity index (χ1n) is 9.47. The molecule has 0 spiro atoms. The van der Waals surface area contributed by atoms with Crippen LogP contribution in [-0.4, -0.2) is 36.7 Å². The molecule has 31 heavy (non-hydrogen) atoms.